The normalized spacial score (nSPS) is 13.2. The number of hydrogen-bond acceptors (Lipinski definition) is 3. The number of thioether (sulfide) groups is 1. The molecule has 23 heavy (non-hydrogen) atoms. The second kappa shape index (κ2) is 7.06. The van der Waals surface area contributed by atoms with Crippen molar-refractivity contribution in [2.75, 3.05) is 11.1 Å². The predicted octanol–water partition coefficient (Wildman–Crippen LogP) is 3.24. The first kappa shape index (κ1) is 15.9. The van der Waals surface area contributed by atoms with Crippen molar-refractivity contribution in [1.82, 2.24) is 5.32 Å². The van der Waals surface area contributed by atoms with Gasteiger partial charge in [-0.2, -0.15) is 0 Å². The standard InChI is InChI=1S/C17H15ClN2O2S/c18-13-3-1-2-11(6-13)8-16(21)19-9-12-4-5-15-14(7-12)20-17(22)10-23-15/h1-7H,8-10H2,(H,19,21)(H,20,22). The van der Waals surface area contributed by atoms with Crippen molar-refractivity contribution in [2.45, 2.75) is 17.9 Å². The average molecular weight is 347 g/mol. The molecule has 2 amide bonds. The van der Waals surface area contributed by atoms with Gasteiger partial charge in [0.2, 0.25) is 11.8 Å². The molecule has 0 saturated carbocycles. The summed E-state index contributed by atoms with van der Waals surface area (Å²) in [5.74, 6) is 0.385. The third-order valence-corrected chi connectivity index (χ3v) is 4.73. The van der Waals surface area contributed by atoms with Crippen molar-refractivity contribution in [3.05, 3.63) is 58.6 Å². The molecule has 1 aliphatic rings. The quantitative estimate of drug-likeness (QED) is 0.893. The van der Waals surface area contributed by atoms with Gasteiger partial charge < -0.3 is 10.6 Å². The minimum absolute atomic E-state index is 0.00430. The second-order valence-electron chi connectivity index (χ2n) is 5.25. The maximum Gasteiger partial charge on any atom is 0.234 e. The summed E-state index contributed by atoms with van der Waals surface area (Å²) in [6, 6.07) is 13.1. The van der Waals surface area contributed by atoms with Gasteiger partial charge in [0.15, 0.2) is 0 Å². The number of fused-ring (bicyclic) bond motifs is 1. The molecule has 0 radical (unpaired) electrons. The van der Waals surface area contributed by atoms with E-state index in [9.17, 15) is 9.59 Å². The molecule has 1 aliphatic heterocycles. The first-order valence-electron chi connectivity index (χ1n) is 7.17. The van der Waals surface area contributed by atoms with Crippen LogP contribution >= 0.6 is 23.4 Å². The number of carbonyl (C=O) groups excluding carboxylic acids is 2. The lowest BCUT2D eigenvalue weighted by Gasteiger charge is -2.17. The number of hydrogen-bond donors (Lipinski definition) is 2. The highest BCUT2D eigenvalue weighted by Gasteiger charge is 2.15. The van der Waals surface area contributed by atoms with Crippen LogP contribution in [0.2, 0.25) is 5.02 Å². The van der Waals surface area contributed by atoms with Crippen molar-refractivity contribution < 1.29 is 9.59 Å². The molecule has 2 aromatic carbocycles. The third-order valence-electron chi connectivity index (χ3n) is 3.42. The van der Waals surface area contributed by atoms with Crippen LogP contribution in [0, 0.1) is 0 Å². The SMILES string of the molecule is O=C(Cc1cccc(Cl)c1)NCc1ccc2c(c1)NC(=O)CS2. The summed E-state index contributed by atoms with van der Waals surface area (Å²) in [4.78, 5) is 24.5. The first-order valence-corrected chi connectivity index (χ1v) is 8.53. The number of amides is 2. The fraction of sp³-hybridized carbons (Fsp3) is 0.176. The summed E-state index contributed by atoms with van der Waals surface area (Å²) >= 11 is 7.43. The van der Waals surface area contributed by atoms with Gasteiger partial charge in [0, 0.05) is 16.5 Å². The van der Waals surface area contributed by atoms with Gasteiger partial charge in [-0.05, 0) is 35.4 Å². The zero-order valence-corrected chi connectivity index (χ0v) is 13.8. The monoisotopic (exact) mass is 346 g/mol. The lowest BCUT2D eigenvalue weighted by molar-refractivity contribution is -0.120. The molecule has 0 aromatic heterocycles. The van der Waals surface area contributed by atoms with Crippen LogP contribution in [0.15, 0.2) is 47.4 Å². The Morgan fingerprint density at radius 2 is 2.09 bits per heavy atom. The van der Waals surface area contributed by atoms with Crippen molar-refractivity contribution in [2.24, 2.45) is 0 Å². The van der Waals surface area contributed by atoms with Crippen LogP contribution in [0.25, 0.3) is 0 Å². The molecule has 1 heterocycles. The van der Waals surface area contributed by atoms with Crippen LogP contribution in [0.5, 0.6) is 0 Å². The number of carbonyl (C=O) groups is 2. The largest absolute Gasteiger partial charge is 0.352 e. The molecule has 118 valence electrons. The van der Waals surface area contributed by atoms with Gasteiger partial charge in [-0.15, -0.1) is 11.8 Å². The van der Waals surface area contributed by atoms with E-state index in [2.05, 4.69) is 10.6 Å². The Labute approximate surface area is 143 Å². The van der Waals surface area contributed by atoms with E-state index in [1.165, 1.54) is 11.8 Å². The zero-order chi connectivity index (χ0) is 16.2. The molecule has 0 unspecified atom stereocenters. The Morgan fingerprint density at radius 1 is 1.22 bits per heavy atom. The Morgan fingerprint density at radius 3 is 2.91 bits per heavy atom. The fourth-order valence-electron chi connectivity index (χ4n) is 2.34. The average Bonchev–Trinajstić information content (AvgIpc) is 2.52. The van der Waals surface area contributed by atoms with E-state index >= 15 is 0 Å². The van der Waals surface area contributed by atoms with Gasteiger partial charge in [-0.1, -0.05) is 29.8 Å². The highest BCUT2D eigenvalue weighted by atomic mass is 35.5. The molecular weight excluding hydrogens is 332 g/mol. The number of rotatable bonds is 4. The molecule has 0 saturated heterocycles. The Hall–Kier alpha value is -1.98. The second-order valence-corrected chi connectivity index (χ2v) is 6.70. The van der Waals surface area contributed by atoms with Gasteiger partial charge in [-0.25, -0.2) is 0 Å². The van der Waals surface area contributed by atoms with Gasteiger partial charge in [0.25, 0.3) is 0 Å². The number of nitrogens with one attached hydrogen (secondary N) is 2. The maximum absolute atomic E-state index is 12.0. The number of anilines is 1. The van der Waals surface area contributed by atoms with Crippen LogP contribution in [0.1, 0.15) is 11.1 Å². The molecule has 0 fully saturated rings. The third kappa shape index (κ3) is 4.27. The van der Waals surface area contributed by atoms with Crippen molar-refractivity contribution >= 4 is 40.9 Å². The first-order chi connectivity index (χ1) is 11.1. The molecule has 0 bridgehead atoms. The molecule has 0 aliphatic carbocycles. The smallest absolute Gasteiger partial charge is 0.234 e. The fourth-order valence-corrected chi connectivity index (χ4v) is 3.34. The van der Waals surface area contributed by atoms with E-state index in [4.69, 9.17) is 11.6 Å². The van der Waals surface area contributed by atoms with E-state index in [1.54, 1.807) is 12.1 Å². The predicted molar refractivity (Wildman–Crippen MR) is 92.8 cm³/mol. The Balaban J connectivity index is 1.59. The molecule has 2 aromatic rings. The summed E-state index contributed by atoms with van der Waals surface area (Å²) in [6.45, 7) is 0.424. The van der Waals surface area contributed by atoms with E-state index < -0.39 is 0 Å². The molecule has 4 nitrogen and oxygen atoms in total. The van der Waals surface area contributed by atoms with Crippen LogP contribution in [-0.4, -0.2) is 17.6 Å². The van der Waals surface area contributed by atoms with Crippen molar-refractivity contribution in [3.8, 4) is 0 Å². The van der Waals surface area contributed by atoms with Gasteiger partial charge in [0.1, 0.15) is 0 Å². The number of halogens is 1. The summed E-state index contributed by atoms with van der Waals surface area (Å²) in [5, 5.41) is 6.35. The molecule has 0 spiro atoms. The molecule has 6 heteroatoms. The van der Waals surface area contributed by atoms with Crippen molar-refractivity contribution in [3.63, 3.8) is 0 Å². The zero-order valence-electron chi connectivity index (χ0n) is 12.3. The number of benzene rings is 2. The molecule has 2 N–H and O–H groups in total. The topological polar surface area (TPSA) is 58.2 Å². The van der Waals surface area contributed by atoms with E-state index in [1.807, 2.05) is 30.3 Å². The highest BCUT2D eigenvalue weighted by Crippen LogP contribution is 2.31. The van der Waals surface area contributed by atoms with E-state index in [-0.39, 0.29) is 18.2 Å². The Kier molecular flexibility index (Phi) is 4.88. The maximum atomic E-state index is 12.0. The lowest BCUT2D eigenvalue weighted by Crippen LogP contribution is -2.25. The van der Waals surface area contributed by atoms with Crippen LogP contribution in [0.4, 0.5) is 5.69 Å². The summed E-state index contributed by atoms with van der Waals surface area (Å²) in [5.41, 5.74) is 2.64. The van der Waals surface area contributed by atoms with Gasteiger partial charge in [0.05, 0.1) is 17.9 Å². The molecule has 0 atom stereocenters. The van der Waals surface area contributed by atoms with Crippen LogP contribution < -0.4 is 10.6 Å². The Bertz CT molecular complexity index is 764. The van der Waals surface area contributed by atoms with Gasteiger partial charge >= 0.3 is 0 Å². The molecule has 3 rings (SSSR count). The highest BCUT2D eigenvalue weighted by molar-refractivity contribution is 8.00. The summed E-state index contributed by atoms with van der Waals surface area (Å²) < 4.78 is 0. The van der Waals surface area contributed by atoms with Gasteiger partial charge in [-0.3, -0.25) is 9.59 Å². The van der Waals surface area contributed by atoms with E-state index in [0.717, 1.165) is 21.7 Å². The van der Waals surface area contributed by atoms with Crippen LogP contribution in [-0.2, 0) is 22.6 Å². The molecular formula is C17H15ClN2O2S. The van der Waals surface area contributed by atoms with Crippen LogP contribution in [0.3, 0.4) is 0 Å². The summed E-state index contributed by atoms with van der Waals surface area (Å²) in [6.07, 6.45) is 0.290. The van der Waals surface area contributed by atoms with E-state index in [0.29, 0.717) is 17.3 Å². The van der Waals surface area contributed by atoms with Crippen molar-refractivity contribution in [1.29, 1.82) is 0 Å². The summed E-state index contributed by atoms with van der Waals surface area (Å²) in [7, 11) is 0. The minimum atomic E-state index is -0.0663. The minimum Gasteiger partial charge on any atom is -0.352 e. The lowest BCUT2D eigenvalue weighted by atomic mass is 10.1.